The van der Waals surface area contributed by atoms with Crippen molar-refractivity contribution < 1.29 is 23.8 Å². The molecule has 0 aliphatic carbocycles. The molecule has 29 heavy (non-hydrogen) atoms. The van der Waals surface area contributed by atoms with Gasteiger partial charge in [-0.25, -0.2) is 0 Å². The maximum absolute atomic E-state index is 12.3. The second-order valence-corrected chi connectivity index (χ2v) is 6.83. The molecule has 0 saturated heterocycles. The third-order valence-electron chi connectivity index (χ3n) is 4.32. The van der Waals surface area contributed by atoms with E-state index in [9.17, 15) is 9.59 Å². The van der Waals surface area contributed by atoms with Gasteiger partial charge < -0.3 is 24.8 Å². The van der Waals surface area contributed by atoms with Gasteiger partial charge in [-0.3, -0.25) is 9.59 Å². The van der Waals surface area contributed by atoms with Crippen LogP contribution in [0.2, 0.25) is 0 Å². The molecule has 7 heteroatoms. The minimum absolute atomic E-state index is 0.0311. The number of carbonyl (C=O) groups is 2. The van der Waals surface area contributed by atoms with Gasteiger partial charge in [0.2, 0.25) is 17.6 Å². The summed E-state index contributed by atoms with van der Waals surface area (Å²) in [6.45, 7) is 4.07. The van der Waals surface area contributed by atoms with Crippen molar-refractivity contribution in [1.82, 2.24) is 5.32 Å². The molecule has 2 rings (SSSR count). The molecule has 2 N–H and O–H groups in total. The molecule has 0 aliphatic rings. The zero-order chi connectivity index (χ0) is 21.4. The Labute approximate surface area is 171 Å². The molecular formula is C22H28N2O5. The number of methoxy groups -OCH3 is 3. The van der Waals surface area contributed by atoms with Crippen LogP contribution >= 0.6 is 0 Å². The van der Waals surface area contributed by atoms with Crippen LogP contribution in [-0.2, 0) is 22.6 Å². The fraction of sp³-hybridized carbons (Fsp3) is 0.364. The van der Waals surface area contributed by atoms with Gasteiger partial charge in [0.05, 0.1) is 27.8 Å². The van der Waals surface area contributed by atoms with Gasteiger partial charge in [-0.15, -0.1) is 0 Å². The van der Waals surface area contributed by atoms with Crippen molar-refractivity contribution in [3.63, 3.8) is 0 Å². The van der Waals surface area contributed by atoms with E-state index in [2.05, 4.69) is 10.6 Å². The predicted octanol–water partition coefficient (Wildman–Crippen LogP) is 3.17. The molecular weight excluding hydrogens is 372 g/mol. The molecule has 0 unspecified atom stereocenters. The van der Waals surface area contributed by atoms with Crippen LogP contribution in [-0.4, -0.2) is 33.1 Å². The SMILES string of the molecule is COc1cc(CC(=O)NCc2ccc(NC(=O)C(C)C)cc2)cc(OC)c1OC. The molecule has 0 atom stereocenters. The Morgan fingerprint density at radius 2 is 1.48 bits per heavy atom. The average Bonchev–Trinajstić information content (AvgIpc) is 2.72. The van der Waals surface area contributed by atoms with E-state index in [4.69, 9.17) is 14.2 Å². The summed E-state index contributed by atoms with van der Waals surface area (Å²) < 4.78 is 15.9. The highest BCUT2D eigenvalue weighted by Crippen LogP contribution is 2.38. The first-order chi connectivity index (χ1) is 13.9. The maximum Gasteiger partial charge on any atom is 0.226 e. The molecule has 2 aromatic rings. The van der Waals surface area contributed by atoms with E-state index in [1.165, 1.54) is 21.3 Å². The van der Waals surface area contributed by atoms with Crippen molar-refractivity contribution in [3.05, 3.63) is 47.5 Å². The Bertz CT molecular complexity index is 822. The maximum atomic E-state index is 12.3. The zero-order valence-corrected chi connectivity index (χ0v) is 17.5. The highest BCUT2D eigenvalue weighted by atomic mass is 16.5. The number of nitrogens with one attached hydrogen (secondary N) is 2. The third-order valence-corrected chi connectivity index (χ3v) is 4.32. The van der Waals surface area contributed by atoms with Crippen molar-refractivity contribution in [3.8, 4) is 17.2 Å². The number of amides is 2. The van der Waals surface area contributed by atoms with Gasteiger partial charge in [0.15, 0.2) is 11.5 Å². The predicted molar refractivity (Wildman–Crippen MR) is 112 cm³/mol. The van der Waals surface area contributed by atoms with E-state index in [-0.39, 0.29) is 24.2 Å². The highest BCUT2D eigenvalue weighted by molar-refractivity contribution is 5.92. The average molecular weight is 400 g/mol. The largest absolute Gasteiger partial charge is 0.493 e. The number of anilines is 1. The number of benzene rings is 2. The monoisotopic (exact) mass is 400 g/mol. The fourth-order valence-electron chi connectivity index (χ4n) is 2.68. The fourth-order valence-corrected chi connectivity index (χ4v) is 2.68. The first-order valence-corrected chi connectivity index (χ1v) is 9.33. The van der Waals surface area contributed by atoms with Crippen LogP contribution in [0.3, 0.4) is 0 Å². The molecule has 0 spiro atoms. The lowest BCUT2D eigenvalue weighted by molar-refractivity contribution is -0.120. The Morgan fingerprint density at radius 1 is 0.897 bits per heavy atom. The van der Waals surface area contributed by atoms with Crippen LogP contribution in [0.4, 0.5) is 5.69 Å². The van der Waals surface area contributed by atoms with Crippen LogP contribution in [0.1, 0.15) is 25.0 Å². The van der Waals surface area contributed by atoms with Crippen molar-refractivity contribution in [2.45, 2.75) is 26.8 Å². The molecule has 0 aromatic heterocycles. The first-order valence-electron chi connectivity index (χ1n) is 9.33. The summed E-state index contributed by atoms with van der Waals surface area (Å²) in [4.78, 5) is 24.1. The summed E-state index contributed by atoms with van der Waals surface area (Å²) in [5.74, 6) is 1.27. The van der Waals surface area contributed by atoms with E-state index in [1.54, 1.807) is 12.1 Å². The summed E-state index contributed by atoms with van der Waals surface area (Å²) in [5, 5.41) is 5.73. The van der Waals surface area contributed by atoms with E-state index in [1.807, 2.05) is 38.1 Å². The summed E-state index contributed by atoms with van der Waals surface area (Å²) in [5.41, 5.74) is 2.42. The Kier molecular flexibility index (Phi) is 7.88. The molecule has 2 amide bonds. The molecule has 156 valence electrons. The van der Waals surface area contributed by atoms with Crippen LogP contribution in [0.5, 0.6) is 17.2 Å². The lowest BCUT2D eigenvalue weighted by Gasteiger charge is -2.14. The first kappa shape index (κ1) is 22.1. The molecule has 0 saturated carbocycles. The summed E-state index contributed by atoms with van der Waals surface area (Å²) in [7, 11) is 4.61. The van der Waals surface area contributed by atoms with Crippen LogP contribution < -0.4 is 24.8 Å². The Morgan fingerprint density at radius 3 is 1.97 bits per heavy atom. The Balaban J connectivity index is 1.95. The second-order valence-electron chi connectivity index (χ2n) is 6.83. The molecule has 7 nitrogen and oxygen atoms in total. The van der Waals surface area contributed by atoms with Crippen LogP contribution in [0.15, 0.2) is 36.4 Å². The van der Waals surface area contributed by atoms with Gasteiger partial charge >= 0.3 is 0 Å². The minimum atomic E-state index is -0.128. The summed E-state index contributed by atoms with van der Waals surface area (Å²) in [6, 6.07) is 10.9. The van der Waals surface area contributed by atoms with E-state index in [0.717, 1.165) is 16.8 Å². The van der Waals surface area contributed by atoms with Crippen molar-refractivity contribution in [2.75, 3.05) is 26.6 Å². The number of carbonyl (C=O) groups excluding carboxylic acids is 2. The quantitative estimate of drug-likeness (QED) is 0.675. The van der Waals surface area contributed by atoms with E-state index >= 15 is 0 Å². The minimum Gasteiger partial charge on any atom is -0.493 e. The lowest BCUT2D eigenvalue weighted by atomic mass is 10.1. The number of rotatable bonds is 9. The van der Waals surface area contributed by atoms with Crippen molar-refractivity contribution in [1.29, 1.82) is 0 Å². The summed E-state index contributed by atoms with van der Waals surface area (Å²) >= 11 is 0. The molecule has 2 aromatic carbocycles. The highest BCUT2D eigenvalue weighted by Gasteiger charge is 2.15. The Hall–Kier alpha value is -3.22. The van der Waals surface area contributed by atoms with Gasteiger partial charge in [0.25, 0.3) is 0 Å². The molecule has 0 fully saturated rings. The number of hydrogen-bond donors (Lipinski definition) is 2. The van der Waals surface area contributed by atoms with Crippen molar-refractivity contribution >= 4 is 17.5 Å². The molecule has 0 bridgehead atoms. The van der Waals surface area contributed by atoms with Gasteiger partial charge in [-0.05, 0) is 35.4 Å². The van der Waals surface area contributed by atoms with Crippen LogP contribution in [0, 0.1) is 5.92 Å². The third kappa shape index (κ3) is 6.14. The number of ether oxygens (including phenoxy) is 3. The molecule has 0 heterocycles. The van der Waals surface area contributed by atoms with Gasteiger partial charge in [0.1, 0.15) is 0 Å². The number of hydrogen-bond acceptors (Lipinski definition) is 5. The molecule has 0 aliphatic heterocycles. The van der Waals surface area contributed by atoms with E-state index < -0.39 is 0 Å². The zero-order valence-electron chi connectivity index (χ0n) is 17.5. The lowest BCUT2D eigenvalue weighted by Crippen LogP contribution is -2.24. The smallest absolute Gasteiger partial charge is 0.226 e. The van der Waals surface area contributed by atoms with Crippen LogP contribution in [0.25, 0.3) is 0 Å². The normalized spacial score (nSPS) is 10.4. The summed E-state index contributed by atoms with van der Waals surface area (Å²) in [6.07, 6.45) is 0.180. The second kappa shape index (κ2) is 10.4. The van der Waals surface area contributed by atoms with Gasteiger partial charge in [-0.2, -0.15) is 0 Å². The topological polar surface area (TPSA) is 85.9 Å². The van der Waals surface area contributed by atoms with Crippen molar-refractivity contribution in [2.24, 2.45) is 5.92 Å². The molecule has 0 radical (unpaired) electrons. The van der Waals surface area contributed by atoms with Gasteiger partial charge in [0, 0.05) is 18.2 Å². The standard InChI is InChI=1S/C22H28N2O5/c1-14(2)22(26)24-17-8-6-15(7-9-17)13-23-20(25)12-16-10-18(27-3)21(29-5)19(11-16)28-4/h6-11,14H,12-13H2,1-5H3,(H,23,25)(H,24,26). The van der Waals surface area contributed by atoms with E-state index in [0.29, 0.717) is 23.8 Å². The van der Waals surface area contributed by atoms with Gasteiger partial charge in [-0.1, -0.05) is 26.0 Å².